The number of carbonyl (C=O) groups excluding carboxylic acids is 3. The molecule has 5 N–H and O–H groups in total. The Morgan fingerprint density at radius 1 is 1.07 bits per heavy atom. The van der Waals surface area contributed by atoms with Crippen molar-refractivity contribution in [3.8, 4) is 0 Å². The molecule has 11 heteroatoms. The molecule has 0 aliphatic heterocycles. The van der Waals surface area contributed by atoms with Crippen LogP contribution in [0.3, 0.4) is 0 Å². The average Bonchev–Trinajstić information content (AvgIpc) is 3.07. The number of imide groups is 1. The van der Waals surface area contributed by atoms with Crippen molar-refractivity contribution in [3.05, 3.63) is 68.5 Å². The van der Waals surface area contributed by atoms with Crippen LogP contribution in [0.2, 0.25) is 10.0 Å². The highest BCUT2D eigenvalue weighted by atomic mass is 35.5. The van der Waals surface area contributed by atoms with E-state index in [1.54, 1.807) is 30.3 Å². The van der Waals surface area contributed by atoms with Gasteiger partial charge in [-0.05, 0) is 36.4 Å². The quantitative estimate of drug-likeness (QED) is 0.486. The number of hydrogen-bond acceptors (Lipinski definition) is 7. The molecule has 0 fully saturated rings. The zero-order valence-electron chi connectivity index (χ0n) is 15.5. The molecule has 8 nitrogen and oxygen atoms in total. The molecule has 30 heavy (non-hydrogen) atoms. The first-order chi connectivity index (χ1) is 14.2. The number of primary amides is 1. The molecule has 0 unspecified atom stereocenters. The number of anilines is 3. The summed E-state index contributed by atoms with van der Waals surface area (Å²) < 4.78 is 0. The van der Waals surface area contributed by atoms with E-state index in [0.29, 0.717) is 10.8 Å². The molecule has 0 aliphatic carbocycles. The van der Waals surface area contributed by atoms with Crippen molar-refractivity contribution in [2.24, 2.45) is 5.73 Å². The van der Waals surface area contributed by atoms with E-state index in [1.165, 1.54) is 19.2 Å². The average molecular weight is 464 g/mol. The summed E-state index contributed by atoms with van der Waals surface area (Å²) in [5, 5.41) is 3.82. The first kappa shape index (κ1) is 21.6. The summed E-state index contributed by atoms with van der Waals surface area (Å²) in [4.78, 5) is 41.2. The second kappa shape index (κ2) is 8.70. The first-order valence-electron chi connectivity index (χ1n) is 8.38. The van der Waals surface area contributed by atoms with Gasteiger partial charge in [-0.15, -0.1) is 0 Å². The van der Waals surface area contributed by atoms with Gasteiger partial charge >= 0.3 is 6.03 Å². The number of rotatable bonds is 5. The van der Waals surface area contributed by atoms with Crippen molar-refractivity contribution in [1.29, 1.82) is 0 Å². The number of nitrogens with two attached hydrogens (primary N) is 2. The van der Waals surface area contributed by atoms with Crippen molar-refractivity contribution >= 4 is 68.9 Å². The van der Waals surface area contributed by atoms with E-state index >= 15 is 0 Å². The molecule has 0 saturated carbocycles. The van der Waals surface area contributed by atoms with Crippen LogP contribution >= 0.6 is 34.5 Å². The fourth-order valence-corrected chi connectivity index (χ4v) is 3.91. The third kappa shape index (κ3) is 4.38. The summed E-state index contributed by atoms with van der Waals surface area (Å²) >= 11 is 13.3. The van der Waals surface area contributed by atoms with Gasteiger partial charge < -0.3 is 16.8 Å². The highest BCUT2D eigenvalue weighted by Gasteiger charge is 2.23. The summed E-state index contributed by atoms with van der Waals surface area (Å²) in [5.41, 5.74) is 12.0. The Morgan fingerprint density at radius 2 is 1.67 bits per heavy atom. The number of carbonyl (C=O) groups is 3. The predicted octanol–water partition coefficient (Wildman–Crippen LogP) is 4.16. The molecular formula is C19H15Cl2N5O3S. The van der Waals surface area contributed by atoms with E-state index in [9.17, 15) is 14.4 Å². The minimum atomic E-state index is -0.851. The van der Waals surface area contributed by atoms with Crippen LogP contribution in [0.25, 0.3) is 0 Å². The highest BCUT2D eigenvalue weighted by molar-refractivity contribution is 7.18. The minimum absolute atomic E-state index is 0.0402. The Kier molecular flexibility index (Phi) is 6.25. The van der Waals surface area contributed by atoms with Crippen LogP contribution in [0, 0.1) is 0 Å². The molecule has 0 saturated heterocycles. The molecule has 3 aromatic rings. The summed E-state index contributed by atoms with van der Waals surface area (Å²) in [7, 11) is 1.29. The minimum Gasteiger partial charge on any atom is -0.382 e. The number of nitrogens with one attached hydrogen (secondary N) is 1. The lowest BCUT2D eigenvalue weighted by molar-refractivity contribution is 0.0837. The maximum atomic E-state index is 12.8. The molecule has 3 rings (SSSR count). The van der Waals surface area contributed by atoms with Crippen LogP contribution in [0.1, 0.15) is 25.6 Å². The topological polar surface area (TPSA) is 131 Å². The lowest BCUT2D eigenvalue weighted by atomic mass is 10.1. The van der Waals surface area contributed by atoms with Gasteiger partial charge in [0.1, 0.15) is 10.7 Å². The number of hydrogen-bond donors (Lipinski definition) is 3. The van der Waals surface area contributed by atoms with Crippen LogP contribution in [0.5, 0.6) is 0 Å². The molecule has 0 atom stereocenters. The molecule has 154 valence electrons. The number of amides is 3. The smallest absolute Gasteiger partial charge is 0.321 e. The van der Waals surface area contributed by atoms with E-state index in [0.717, 1.165) is 16.2 Å². The van der Waals surface area contributed by atoms with Crippen LogP contribution in [0.4, 0.5) is 21.4 Å². The largest absolute Gasteiger partial charge is 0.382 e. The maximum Gasteiger partial charge on any atom is 0.321 e. The monoisotopic (exact) mass is 463 g/mol. The van der Waals surface area contributed by atoms with Crippen LogP contribution in [-0.2, 0) is 0 Å². The number of benzene rings is 2. The Hall–Kier alpha value is -3.14. The molecule has 0 aliphatic rings. The van der Waals surface area contributed by atoms with Crippen molar-refractivity contribution in [1.82, 2.24) is 9.88 Å². The molecule has 1 aromatic heterocycles. The van der Waals surface area contributed by atoms with E-state index in [-0.39, 0.29) is 31.9 Å². The molecule has 2 aromatic carbocycles. The molecular weight excluding hydrogens is 449 g/mol. The van der Waals surface area contributed by atoms with Crippen molar-refractivity contribution in [2.45, 2.75) is 0 Å². The lowest BCUT2D eigenvalue weighted by Gasteiger charge is -2.12. The number of urea groups is 1. The van der Waals surface area contributed by atoms with E-state index in [4.69, 9.17) is 34.7 Å². The fourth-order valence-electron chi connectivity index (χ4n) is 2.49. The first-order valence-corrected chi connectivity index (χ1v) is 9.96. The summed E-state index contributed by atoms with van der Waals surface area (Å²) in [6.07, 6.45) is 0. The van der Waals surface area contributed by atoms with Gasteiger partial charge in [0.25, 0.3) is 5.91 Å². The van der Waals surface area contributed by atoms with Crippen LogP contribution < -0.4 is 16.8 Å². The van der Waals surface area contributed by atoms with Crippen LogP contribution in [0.15, 0.2) is 42.5 Å². The Labute approximate surface area is 185 Å². The zero-order chi connectivity index (χ0) is 22.0. The number of aromatic nitrogens is 1. The summed E-state index contributed by atoms with van der Waals surface area (Å²) in [6, 6.07) is 10.2. The second-order valence-corrected chi connectivity index (χ2v) is 7.88. The number of nitrogens with zero attached hydrogens (tertiary/aromatic N) is 2. The number of halogens is 2. The van der Waals surface area contributed by atoms with Crippen LogP contribution in [-0.4, -0.2) is 34.7 Å². The van der Waals surface area contributed by atoms with Gasteiger partial charge in [0.2, 0.25) is 5.78 Å². The van der Waals surface area contributed by atoms with E-state index in [1.807, 2.05) is 0 Å². The van der Waals surface area contributed by atoms with Gasteiger partial charge in [-0.3, -0.25) is 14.5 Å². The Bertz CT molecular complexity index is 1130. The lowest BCUT2D eigenvalue weighted by Crippen LogP contribution is -2.37. The van der Waals surface area contributed by atoms with Gasteiger partial charge in [-0.1, -0.05) is 40.6 Å². The summed E-state index contributed by atoms with van der Waals surface area (Å²) in [6.45, 7) is 0. The summed E-state index contributed by atoms with van der Waals surface area (Å²) in [5.74, 6) is -0.917. The zero-order valence-corrected chi connectivity index (χ0v) is 17.8. The van der Waals surface area contributed by atoms with Crippen molar-refractivity contribution in [2.75, 3.05) is 18.1 Å². The number of thiazole rings is 1. The third-order valence-electron chi connectivity index (χ3n) is 4.07. The van der Waals surface area contributed by atoms with Gasteiger partial charge in [0, 0.05) is 18.3 Å². The molecule has 3 amide bonds. The molecule has 0 bridgehead atoms. The van der Waals surface area contributed by atoms with E-state index < -0.39 is 17.7 Å². The normalized spacial score (nSPS) is 10.5. The Balaban J connectivity index is 1.80. The predicted molar refractivity (Wildman–Crippen MR) is 118 cm³/mol. The van der Waals surface area contributed by atoms with Crippen molar-refractivity contribution in [3.63, 3.8) is 0 Å². The molecule has 0 spiro atoms. The standard InChI is InChI=1S/C19H15Cl2N5O3S/c1-26(18(23)29)17(28)9-5-7-10(8-6-9)24-19-25-16(22)15(30-19)14(27)13-11(20)3-2-4-12(13)21/h2-8H,22H2,1H3,(H2,23,29)(H,24,25). The van der Waals surface area contributed by atoms with E-state index in [2.05, 4.69) is 10.3 Å². The fraction of sp³-hybridized carbons (Fsp3) is 0.0526. The maximum absolute atomic E-state index is 12.8. The van der Waals surface area contributed by atoms with Gasteiger partial charge in [0.05, 0.1) is 15.6 Å². The second-order valence-electron chi connectivity index (χ2n) is 6.06. The molecule has 1 heterocycles. The number of ketones is 1. The Morgan fingerprint density at radius 3 is 2.23 bits per heavy atom. The van der Waals surface area contributed by atoms with Gasteiger partial charge in [-0.2, -0.15) is 0 Å². The SMILES string of the molecule is CN(C(N)=O)C(=O)c1ccc(Nc2nc(N)c(C(=O)c3c(Cl)cccc3Cl)s2)cc1. The van der Waals surface area contributed by atoms with Gasteiger partial charge in [0.15, 0.2) is 5.13 Å². The highest BCUT2D eigenvalue weighted by Crippen LogP contribution is 2.33. The van der Waals surface area contributed by atoms with Gasteiger partial charge in [-0.25, -0.2) is 9.78 Å². The molecule has 0 radical (unpaired) electrons. The van der Waals surface area contributed by atoms with Crippen molar-refractivity contribution < 1.29 is 14.4 Å². The third-order valence-corrected chi connectivity index (χ3v) is 5.68. The number of nitrogen functional groups attached to an aromatic ring is 1.